The van der Waals surface area contributed by atoms with Crippen LogP contribution in [-0.4, -0.2) is 47.0 Å². The van der Waals surface area contributed by atoms with Crippen LogP contribution >= 0.6 is 0 Å². The standard InChI is InChI=1S/C22H23N3O3/c1-14-12-25(13-15(2)28-14)22(27)17-8-4-6-10-19(17)24-21(26)20-11-16-7-3-5-9-18(16)23-20/h3-11,14-15,23H,12-13H2,1-2H3,(H,24,26)/t14-,15-/m0/s1. The Morgan fingerprint density at radius 2 is 1.71 bits per heavy atom. The van der Waals surface area contributed by atoms with E-state index in [4.69, 9.17) is 4.74 Å². The minimum absolute atomic E-state index is 0.0131. The van der Waals surface area contributed by atoms with E-state index in [9.17, 15) is 9.59 Å². The molecule has 1 aromatic heterocycles. The van der Waals surface area contributed by atoms with E-state index in [1.54, 1.807) is 29.2 Å². The van der Waals surface area contributed by atoms with Gasteiger partial charge in [-0.2, -0.15) is 0 Å². The molecule has 1 aliphatic rings. The second-order valence-electron chi connectivity index (χ2n) is 7.24. The van der Waals surface area contributed by atoms with E-state index in [2.05, 4.69) is 10.3 Å². The number of carbonyl (C=O) groups excluding carboxylic acids is 2. The number of anilines is 1. The zero-order valence-electron chi connectivity index (χ0n) is 15.9. The summed E-state index contributed by atoms with van der Waals surface area (Å²) in [5, 5.41) is 3.85. The predicted molar refractivity (Wildman–Crippen MR) is 109 cm³/mol. The SMILES string of the molecule is C[C@H]1CN(C(=O)c2ccccc2NC(=O)c2cc3ccccc3[nH]2)C[C@H](C)O1. The van der Waals surface area contributed by atoms with Gasteiger partial charge < -0.3 is 19.9 Å². The molecule has 2 atom stereocenters. The van der Waals surface area contributed by atoms with Gasteiger partial charge in [0, 0.05) is 24.0 Å². The fourth-order valence-corrected chi connectivity index (χ4v) is 3.68. The first kappa shape index (κ1) is 18.3. The molecular weight excluding hydrogens is 354 g/mol. The van der Waals surface area contributed by atoms with Crippen molar-refractivity contribution < 1.29 is 14.3 Å². The first-order valence-electron chi connectivity index (χ1n) is 9.44. The molecule has 28 heavy (non-hydrogen) atoms. The number of benzene rings is 2. The molecule has 6 nitrogen and oxygen atoms in total. The van der Waals surface area contributed by atoms with E-state index >= 15 is 0 Å². The summed E-state index contributed by atoms with van der Waals surface area (Å²) < 4.78 is 5.72. The summed E-state index contributed by atoms with van der Waals surface area (Å²) in [6.07, 6.45) is -0.0263. The van der Waals surface area contributed by atoms with Crippen LogP contribution in [0.25, 0.3) is 10.9 Å². The van der Waals surface area contributed by atoms with E-state index in [-0.39, 0.29) is 24.0 Å². The molecule has 0 aliphatic carbocycles. The summed E-state index contributed by atoms with van der Waals surface area (Å²) in [5.74, 6) is -0.380. The first-order valence-corrected chi connectivity index (χ1v) is 9.44. The number of aromatic amines is 1. The summed E-state index contributed by atoms with van der Waals surface area (Å²) in [6, 6.07) is 16.6. The second kappa shape index (κ2) is 7.48. The molecule has 2 amide bonds. The van der Waals surface area contributed by atoms with Gasteiger partial charge in [-0.1, -0.05) is 30.3 Å². The number of hydrogen-bond acceptors (Lipinski definition) is 3. The largest absolute Gasteiger partial charge is 0.372 e. The smallest absolute Gasteiger partial charge is 0.272 e. The number of morpholine rings is 1. The maximum absolute atomic E-state index is 13.1. The number of nitrogens with one attached hydrogen (secondary N) is 2. The second-order valence-corrected chi connectivity index (χ2v) is 7.24. The molecule has 0 unspecified atom stereocenters. The number of amides is 2. The molecule has 144 valence electrons. The highest BCUT2D eigenvalue weighted by molar-refractivity contribution is 6.09. The van der Waals surface area contributed by atoms with Crippen LogP contribution in [-0.2, 0) is 4.74 Å². The zero-order chi connectivity index (χ0) is 19.7. The number of fused-ring (bicyclic) bond motifs is 1. The maximum Gasteiger partial charge on any atom is 0.272 e. The molecule has 1 aliphatic heterocycles. The molecule has 6 heteroatoms. The Hall–Kier alpha value is -3.12. The average Bonchev–Trinajstić information content (AvgIpc) is 3.11. The Bertz CT molecular complexity index is 984. The summed E-state index contributed by atoms with van der Waals surface area (Å²) in [4.78, 5) is 30.7. The third-order valence-electron chi connectivity index (χ3n) is 4.89. The van der Waals surface area contributed by atoms with Crippen molar-refractivity contribution in [1.29, 1.82) is 0 Å². The van der Waals surface area contributed by atoms with E-state index < -0.39 is 0 Å². The maximum atomic E-state index is 13.1. The van der Waals surface area contributed by atoms with Gasteiger partial charge in [-0.3, -0.25) is 9.59 Å². The van der Waals surface area contributed by atoms with Gasteiger partial charge in [0.2, 0.25) is 0 Å². The van der Waals surface area contributed by atoms with Crippen LogP contribution < -0.4 is 5.32 Å². The lowest BCUT2D eigenvalue weighted by Crippen LogP contribution is -2.48. The molecular formula is C22H23N3O3. The lowest BCUT2D eigenvalue weighted by molar-refractivity contribution is -0.0585. The van der Waals surface area contributed by atoms with Gasteiger partial charge in [0.05, 0.1) is 23.5 Å². The molecule has 0 bridgehead atoms. The summed E-state index contributed by atoms with van der Waals surface area (Å²) >= 11 is 0. The third-order valence-corrected chi connectivity index (χ3v) is 4.89. The van der Waals surface area contributed by atoms with Crippen LogP contribution in [0, 0.1) is 0 Å². The van der Waals surface area contributed by atoms with Gasteiger partial charge in [-0.15, -0.1) is 0 Å². The molecule has 0 saturated carbocycles. The Morgan fingerprint density at radius 3 is 2.46 bits per heavy atom. The highest BCUT2D eigenvalue weighted by Gasteiger charge is 2.28. The highest BCUT2D eigenvalue weighted by Crippen LogP contribution is 2.22. The number of rotatable bonds is 3. The van der Waals surface area contributed by atoms with Gasteiger partial charge in [0.25, 0.3) is 11.8 Å². The van der Waals surface area contributed by atoms with E-state index in [1.807, 2.05) is 44.2 Å². The summed E-state index contributed by atoms with van der Waals surface area (Å²) in [7, 11) is 0. The normalized spacial score (nSPS) is 19.6. The molecule has 2 aromatic carbocycles. The Morgan fingerprint density at radius 1 is 1.04 bits per heavy atom. The van der Waals surface area contributed by atoms with Crippen molar-refractivity contribution in [2.45, 2.75) is 26.1 Å². The molecule has 3 aromatic rings. The minimum atomic E-state index is -0.278. The van der Waals surface area contributed by atoms with Crippen LogP contribution in [0.4, 0.5) is 5.69 Å². The fraction of sp³-hybridized carbons (Fsp3) is 0.273. The molecule has 1 fully saturated rings. The van der Waals surface area contributed by atoms with Crippen molar-refractivity contribution in [3.05, 3.63) is 65.9 Å². The van der Waals surface area contributed by atoms with Crippen molar-refractivity contribution >= 4 is 28.4 Å². The lowest BCUT2D eigenvalue weighted by Gasteiger charge is -2.35. The first-order chi connectivity index (χ1) is 13.5. The van der Waals surface area contributed by atoms with Crippen LogP contribution in [0.15, 0.2) is 54.6 Å². The predicted octanol–water partition coefficient (Wildman–Crippen LogP) is 3.67. The Kier molecular flexibility index (Phi) is 4.88. The zero-order valence-corrected chi connectivity index (χ0v) is 15.9. The average molecular weight is 377 g/mol. The minimum Gasteiger partial charge on any atom is -0.372 e. The highest BCUT2D eigenvalue weighted by atomic mass is 16.5. The molecule has 2 heterocycles. The fourth-order valence-electron chi connectivity index (χ4n) is 3.68. The van der Waals surface area contributed by atoms with Crippen molar-refractivity contribution in [3.8, 4) is 0 Å². The van der Waals surface area contributed by atoms with Gasteiger partial charge in [0.1, 0.15) is 5.69 Å². The summed E-state index contributed by atoms with van der Waals surface area (Å²) in [6.45, 7) is 4.99. The van der Waals surface area contributed by atoms with Gasteiger partial charge >= 0.3 is 0 Å². The van der Waals surface area contributed by atoms with Crippen molar-refractivity contribution in [2.75, 3.05) is 18.4 Å². The molecule has 0 radical (unpaired) electrons. The van der Waals surface area contributed by atoms with Gasteiger partial charge in [0.15, 0.2) is 0 Å². The van der Waals surface area contributed by atoms with Crippen LogP contribution in [0.5, 0.6) is 0 Å². The third kappa shape index (κ3) is 3.64. The monoisotopic (exact) mass is 377 g/mol. The van der Waals surface area contributed by atoms with E-state index in [0.717, 1.165) is 10.9 Å². The summed E-state index contributed by atoms with van der Waals surface area (Å²) in [5.41, 5.74) is 2.33. The molecule has 4 rings (SSSR count). The lowest BCUT2D eigenvalue weighted by atomic mass is 10.1. The van der Waals surface area contributed by atoms with E-state index in [0.29, 0.717) is 30.0 Å². The molecule has 0 spiro atoms. The van der Waals surface area contributed by atoms with Crippen LogP contribution in [0.3, 0.4) is 0 Å². The van der Waals surface area contributed by atoms with Crippen LogP contribution in [0.2, 0.25) is 0 Å². The number of para-hydroxylation sites is 2. The Balaban J connectivity index is 1.57. The Labute approximate surface area is 163 Å². The van der Waals surface area contributed by atoms with Gasteiger partial charge in [-0.05, 0) is 38.1 Å². The number of hydrogen-bond donors (Lipinski definition) is 2. The quantitative estimate of drug-likeness (QED) is 0.731. The van der Waals surface area contributed by atoms with Crippen LogP contribution in [0.1, 0.15) is 34.7 Å². The topological polar surface area (TPSA) is 74.4 Å². The van der Waals surface area contributed by atoms with Crippen molar-refractivity contribution in [3.63, 3.8) is 0 Å². The number of H-pyrrole nitrogens is 1. The van der Waals surface area contributed by atoms with Crippen molar-refractivity contribution in [1.82, 2.24) is 9.88 Å². The number of aromatic nitrogens is 1. The van der Waals surface area contributed by atoms with Crippen molar-refractivity contribution in [2.24, 2.45) is 0 Å². The number of nitrogens with zero attached hydrogens (tertiary/aromatic N) is 1. The van der Waals surface area contributed by atoms with E-state index in [1.165, 1.54) is 0 Å². The van der Waals surface area contributed by atoms with Gasteiger partial charge in [-0.25, -0.2) is 0 Å². The number of carbonyl (C=O) groups is 2. The number of ether oxygens (including phenoxy) is 1. The molecule has 2 N–H and O–H groups in total. The molecule has 1 saturated heterocycles.